The van der Waals surface area contributed by atoms with E-state index in [1.54, 1.807) is 7.11 Å². The van der Waals surface area contributed by atoms with Crippen LogP contribution >= 0.6 is 0 Å². The van der Waals surface area contributed by atoms with Crippen LogP contribution in [0.5, 0.6) is 0 Å². The number of nitrogens with one attached hydrogen (secondary N) is 1. The lowest BCUT2D eigenvalue weighted by molar-refractivity contribution is 0.0435. The van der Waals surface area contributed by atoms with Crippen molar-refractivity contribution >= 4 is 0 Å². The van der Waals surface area contributed by atoms with Crippen molar-refractivity contribution in [1.29, 1.82) is 0 Å². The van der Waals surface area contributed by atoms with E-state index in [1.165, 1.54) is 25.8 Å². The Balaban J connectivity index is 2.35. The quantitative estimate of drug-likeness (QED) is 0.625. The van der Waals surface area contributed by atoms with Crippen LogP contribution in [-0.4, -0.2) is 63.0 Å². The van der Waals surface area contributed by atoms with E-state index in [2.05, 4.69) is 31.0 Å². The minimum absolute atomic E-state index is 0.322. The predicted molar refractivity (Wildman–Crippen MR) is 84.3 cm³/mol. The number of methoxy groups -OCH3 is 1. The highest BCUT2D eigenvalue weighted by atomic mass is 16.5. The molecule has 1 aliphatic heterocycles. The average Bonchev–Trinajstić information content (AvgIpc) is 2.50. The molecule has 1 unspecified atom stereocenters. The van der Waals surface area contributed by atoms with E-state index in [1.807, 2.05) is 0 Å². The molecule has 0 spiro atoms. The molecule has 0 saturated carbocycles. The molecule has 0 radical (unpaired) electrons. The first-order valence-corrected chi connectivity index (χ1v) is 8.27. The van der Waals surface area contributed by atoms with Gasteiger partial charge in [-0.25, -0.2) is 0 Å². The molecule has 1 heterocycles. The lowest BCUT2D eigenvalue weighted by Crippen LogP contribution is -2.63. The number of nitrogens with zero attached hydrogens (tertiary/aromatic N) is 1. The molecule has 1 aliphatic rings. The summed E-state index contributed by atoms with van der Waals surface area (Å²) < 4.78 is 10.6. The van der Waals surface area contributed by atoms with Gasteiger partial charge in [0.1, 0.15) is 0 Å². The van der Waals surface area contributed by atoms with Crippen molar-refractivity contribution in [3.63, 3.8) is 0 Å². The minimum atomic E-state index is 0.322. The lowest BCUT2D eigenvalue weighted by atomic mass is 9.88. The zero-order chi connectivity index (χ0) is 14.8. The normalized spacial score (nSPS) is 23.1. The van der Waals surface area contributed by atoms with Gasteiger partial charge in [0.25, 0.3) is 0 Å². The summed E-state index contributed by atoms with van der Waals surface area (Å²) in [5.74, 6) is 0. The van der Waals surface area contributed by atoms with Crippen molar-refractivity contribution in [2.24, 2.45) is 0 Å². The van der Waals surface area contributed by atoms with Crippen molar-refractivity contribution in [2.45, 2.75) is 58.0 Å². The Morgan fingerprint density at radius 1 is 1.15 bits per heavy atom. The highest BCUT2D eigenvalue weighted by Crippen LogP contribution is 2.23. The van der Waals surface area contributed by atoms with E-state index in [0.717, 1.165) is 26.1 Å². The van der Waals surface area contributed by atoms with Crippen molar-refractivity contribution in [3.05, 3.63) is 0 Å². The highest BCUT2D eigenvalue weighted by Gasteiger charge is 2.35. The van der Waals surface area contributed by atoms with Gasteiger partial charge in [-0.15, -0.1) is 0 Å². The summed E-state index contributed by atoms with van der Waals surface area (Å²) >= 11 is 0. The molecule has 1 rings (SSSR count). The molecule has 4 nitrogen and oxygen atoms in total. The number of piperazine rings is 1. The van der Waals surface area contributed by atoms with Crippen LogP contribution in [0.1, 0.15) is 46.5 Å². The topological polar surface area (TPSA) is 33.7 Å². The molecule has 20 heavy (non-hydrogen) atoms. The van der Waals surface area contributed by atoms with Crippen molar-refractivity contribution < 1.29 is 9.47 Å². The summed E-state index contributed by atoms with van der Waals surface area (Å²) in [5, 5.41) is 3.79. The molecule has 0 bridgehead atoms. The molecule has 1 saturated heterocycles. The molecule has 0 aliphatic carbocycles. The van der Waals surface area contributed by atoms with Gasteiger partial charge in [-0.1, -0.05) is 20.8 Å². The smallest absolute Gasteiger partial charge is 0.0700 e. The van der Waals surface area contributed by atoms with Crippen LogP contribution in [-0.2, 0) is 9.47 Å². The van der Waals surface area contributed by atoms with E-state index in [9.17, 15) is 0 Å². The van der Waals surface area contributed by atoms with Crippen molar-refractivity contribution in [3.8, 4) is 0 Å². The van der Waals surface area contributed by atoms with Gasteiger partial charge in [0.15, 0.2) is 0 Å². The molecule has 4 heteroatoms. The summed E-state index contributed by atoms with van der Waals surface area (Å²) in [4.78, 5) is 2.67. The van der Waals surface area contributed by atoms with Gasteiger partial charge in [-0.2, -0.15) is 0 Å². The predicted octanol–water partition coefficient (Wildman–Crippen LogP) is 2.28. The first-order chi connectivity index (χ1) is 9.71. The Morgan fingerprint density at radius 2 is 1.90 bits per heavy atom. The molecule has 0 aromatic rings. The van der Waals surface area contributed by atoms with Gasteiger partial charge in [0.05, 0.1) is 13.2 Å². The van der Waals surface area contributed by atoms with Crippen molar-refractivity contribution in [2.75, 3.05) is 46.6 Å². The summed E-state index contributed by atoms with van der Waals surface area (Å²) in [6.07, 6.45) is 4.76. The summed E-state index contributed by atoms with van der Waals surface area (Å²) in [7, 11) is 1.71. The second-order valence-electron chi connectivity index (χ2n) is 5.86. The fraction of sp³-hybridized carbons (Fsp3) is 1.00. The molecule has 1 atom stereocenters. The lowest BCUT2D eigenvalue weighted by Gasteiger charge is -2.47. The van der Waals surface area contributed by atoms with E-state index in [-0.39, 0.29) is 0 Å². The van der Waals surface area contributed by atoms with Crippen LogP contribution in [0, 0.1) is 0 Å². The first-order valence-electron chi connectivity index (χ1n) is 8.27. The van der Waals surface area contributed by atoms with Gasteiger partial charge >= 0.3 is 0 Å². The molecule has 1 N–H and O–H groups in total. The van der Waals surface area contributed by atoms with Crippen molar-refractivity contribution in [1.82, 2.24) is 10.2 Å². The molecular weight excluding hydrogens is 252 g/mol. The first kappa shape index (κ1) is 17.9. The van der Waals surface area contributed by atoms with Gasteiger partial charge in [-0.3, -0.25) is 4.90 Å². The SMILES string of the molecule is CCC1CNC(CC)(CC)CN1CCCOCCOC. The second-order valence-corrected chi connectivity index (χ2v) is 5.86. The highest BCUT2D eigenvalue weighted by molar-refractivity contribution is 4.96. The Hall–Kier alpha value is -0.160. The van der Waals surface area contributed by atoms with E-state index in [0.29, 0.717) is 24.8 Å². The zero-order valence-corrected chi connectivity index (χ0v) is 13.9. The van der Waals surface area contributed by atoms with Gasteiger partial charge in [0.2, 0.25) is 0 Å². The Bertz CT molecular complexity index is 245. The van der Waals surface area contributed by atoms with Crippen LogP contribution < -0.4 is 5.32 Å². The molecular formula is C16H34N2O2. The number of rotatable bonds is 10. The third-order valence-electron chi connectivity index (χ3n) is 4.73. The molecule has 1 fully saturated rings. The van der Waals surface area contributed by atoms with Crippen LogP contribution in [0.25, 0.3) is 0 Å². The molecule has 0 amide bonds. The van der Waals surface area contributed by atoms with Crippen LogP contribution in [0.15, 0.2) is 0 Å². The maximum absolute atomic E-state index is 5.57. The minimum Gasteiger partial charge on any atom is -0.382 e. The largest absolute Gasteiger partial charge is 0.382 e. The molecule has 0 aromatic carbocycles. The van der Waals surface area contributed by atoms with Gasteiger partial charge in [0, 0.05) is 44.9 Å². The summed E-state index contributed by atoms with van der Waals surface area (Å²) in [6.45, 7) is 12.6. The van der Waals surface area contributed by atoms with Gasteiger partial charge < -0.3 is 14.8 Å². The number of hydrogen-bond acceptors (Lipinski definition) is 4. The zero-order valence-electron chi connectivity index (χ0n) is 13.9. The van der Waals surface area contributed by atoms with E-state index in [4.69, 9.17) is 9.47 Å². The van der Waals surface area contributed by atoms with Crippen LogP contribution in [0.3, 0.4) is 0 Å². The fourth-order valence-corrected chi connectivity index (χ4v) is 3.04. The summed E-state index contributed by atoms with van der Waals surface area (Å²) in [5.41, 5.74) is 0.322. The average molecular weight is 286 g/mol. The van der Waals surface area contributed by atoms with E-state index < -0.39 is 0 Å². The maximum Gasteiger partial charge on any atom is 0.0700 e. The summed E-state index contributed by atoms with van der Waals surface area (Å²) in [6, 6.07) is 0.681. The van der Waals surface area contributed by atoms with Crippen LogP contribution in [0.2, 0.25) is 0 Å². The van der Waals surface area contributed by atoms with Crippen LogP contribution in [0.4, 0.5) is 0 Å². The second kappa shape index (κ2) is 9.72. The Morgan fingerprint density at radius 3 is 2.50 bits per heavy atom. The number of hydrogen-bond donors (Lipinski definition) is 1. The third kappa shape index (κ3) is 5.32. The van der Waals surface area contributed by atoms with Gasteiger partial charge in [-0.05, 0) is 25.7 Å². The monoisotopic (exact) mass is 286 g/mol. The number of ether oxygens (including phenoxy) is 2. The fourth-order valence-electron chi connectivity index (χ4n) is 3.04. The third-order valence-corrected chi connectivity index (χ3v) is 4.73. The standard InChI is InChI=1S/C16H34N2O2/c1-5-15-13-17-16(6-2,7-3)14-18(15)9-8-10-20-12-11-19-4/h15,17H,5-14H2,1-4H3. The maximum atomic E-state index is 5.57. The Kier molecular flexibility index (Phi) is 8.69. The Labute approximate surface area is 125 Å². The van der Waals surface area contributed by atoms with E-state index >= 15 is 0 Å². The molecule has 120 valence electrons. The molecule has 0 aromatic heterocycles.